The van der Waals surface area contributed by atoms with Gasteiger partial charge in [0, 0.05) is 42.1 Å². The molecule has 1 aromatic heterocycles. The zero-order valence-corrected chi connectivity index (χ0v) is 16.7. The third kappa shape index (κ3) is 3.62. The quantitative estimate of drug-likeness (QED) is 0.560. The van der Waals surface area contributed by atoms with Crippen molar-refractivity contribution in [3.63, 3.8) is 0 Å². The molecule has 1 N–H and O–H groups in total. The molecule has 1 aliphatic carbocycles. The highest BCUT2D eigenvalue weighted by atomic mass is 19.4. The second kappa shape index (κ2) is 7.38. The molecule has 3 heterocycles. The molecule has 170 valence electrons. The summed E-state index contributed by atoms with van der Waals surface area (Å²) in [5.74, 6) is -3.87. The number of amides is 3. The minimum Gasteiger partial charge on any atom is -0.328 e. The molecular formula is C21H14F5N5O2. The maximum Gasteiger partial charge on any atom is 0.451 e. The predicted octanol–water partition coefficient (Wildman–Crippen LogP) is 3.34. The first-order valence-corrected chi connectivity index (χ1v) is 9.82. The van der Waals surface area contributed by atoms with Crippen LogP contribution in [0, 0.1) is 11.6 Å². The molecular weight excluding hydrogens is 449 g/mol. The number of likely N-dealkylation sites (tertiary alicyclic amines) is 1. The van der Waals surface area contributed by atoms with Gasteiger partial charge in [-0.1, -0.05) is 0 Å². The third-order valence-corrected chi connectivity index (χ3v) is 5.76. The Morgan fingerprint density at radius 3 is 2.58 bits per heavy atom. The summed E-state index contributed by atoms with van der Waals surface area (Å²) in [7, 11) is 0. The van der Waals surface area contributed by atoms with Gasteiger partial charge in [-0.05, 0) is 17.7 Å². The Hall–Kier alpha value is -3.79. The zero-order chi connectivity index (χ0) is 23.5. The summed E-state index contributed by atoms with van der Waals surface area (Å²) in [6, 6.07) is 1.04. The van der Waals surface area contributed by atoms with Crippen LogP contribution in [-0.2, 0) is 17.5 Å². The third-order valence-electron chi connectivity index (χ3n) is 5.76. The lowest BCUT2D eigenvalue weighted by Gasteiger charge is -2.32. The van der Waals surface area contributed by atoms with E-state index in [0.29, 0.717) is 17.6 Å². The fourth-order valence-electron chi connectivity index (χ4n) is 4.19. The number of nitrogens with zero attached hydrogens (tertiary/aromatic N) is 4. The number of rotatable bonds is 3. The van der Waals surface area contributed by atoms with Crippen LogP contribution in [0.2, 0.25) is 0 Å². The number of urea groups is 1. The number of anilines is 1. The highest BCUT2D eigenvalue weighted by Gasteiger charge is 2.41. The van der Waals surface area contributed by atoms with E-state index in [1.165, 1.54) is 11.0 Å². The maximum atomic E-state index is 14.1. The maximum absolute atomic E-state index is 14.1. The fraction of sp³-hybridized carbons (Fsp3) is 0.286. The molecule has 1 aromatic carbocycles. The van der Waals surface area contributed by atoms with E-state index < -0.39 is 41.6 Å². The van der Waals surface area contributed by atoms with E-state index in [9.17, 15) is 31.5 Å². The van der Waals surface area contributed by atoms with Gasteiger partial charge in [0.2, 0.25) is 11.7 Å². The number of nitrogens with one attached hydrogen (secondary N) is 1. The number of hydrogen-bond acceptors (Lipinski definition) is 4. The number of carbonyl (C=O) groups excluding carboxylic acids is 2. The summed E-state index contributed by atoms with van der Waals surface area (Å²) < 4.78 is 65.9. The smallest absolute Gasteiger partial charge is 0.328 e. The second-order valence-electron chi connectivity index (χ2n) is 7.85. The van der Waals surface area contributed by atoms with Crippen LogP contribution in [0.15, 0.2) is 35.8 Å². The van der Waals surface area contributed by atoms with Crippen LogP contribution in [0.4, 0.5) is 32.4 Å². The Morgan fingerprint density at radius 1 is 1.18 bits per heavy atom. The van der Waals surface area contributed by atoms with E-state index in [1.54, 1.807) is 0 Å². The lowest BCUT2D eigenvalue weighted by atomic mass is 10.0. The van der Waals surface area contributed by atoms with Gasteiger partial charge in [0.05, 0.1) is 18.3 Å². The van der Waals surface area contributed by atoms with Crippen molar-refractivity contribution < 1.29 is 31.5 Å². The summed E-state index contributed by atoms with van der Waals surface area (Å²) in [6.07, 6.45) is -2.14. The first-order chi connectivity index (χ1) is 15.6. The summed E-state index contributed by atoms with van der Waals surface area (Å²) in [5, 5.41) is 2.44. The molecule has 2 bridgehead atoms. The van der Waals surface area contributed by atoms with Crippen LogP contribution in [0.3, 0.4) is 0 Å². The molecule has 3 amide bonds. The monoisotopic (exact) mass is 463 g/mol. The highest BCUT2D eigenvalue weighted by Crippen LogP contribution is 2.38. The van der Waals surface area contributed by atoms with Gasteiger partial charge in [0.15, 0.2) is 11.6 Å². The van der Waals surface area contributed by atoms with E-state index in [2.05, 4.69) is 21.0 Å². The average molecular weight is 463 g/mol. The molecule has 7 nitrogen and oxygen atoms in total. The van der Waals surface area contributed by atoms with Crippen LogP contribution in [0.5, 0.6) is 0 Å². The van der Waals surface area contributed by atoms with Crippen molar-refractivity contribution in [3.05, 3.63) is 64.4 Å². The fourth-order valence-corrected chi connectivity index (χ4v) is 4.19. The Kier molecular flexibility index (Phi) is 4.71. The number of carbonyl (C=O) groups is 2. The number of halogens is 5. The number of hydrogen-bond donors (Lipinski definition) is 1. The summed E-state index contributed by atoms with van der Waals surface area (Å²) in [6.45, 7) is -0.418. The van der Waals surface area contributed by atoms with Crippen molar-refractivity contribution in [3.8, 4) is 0 Å². The van der Waals surface area contributed by atoms with Crippen LogP contribution in [-0.4, -0.2) is 50.8 Å². The topological polar surface area (TPSA) is 78.4 Å². The molecule has 0 radical (unpaired) electrons. The largest absolute Gasteiger partial charge is 0.451 e. The molecule has 1 atom stereocenters. The minimum atomic E-state index is -4.67. The van der Waals surface area contributed by atoms with Gasteiger partial charge in [-0.15, -0.1) is 5.73 Å². The molecule has 2 aromatic rings. The molecule has 1 fully saturated rings. The SMILES string of the molecule is O=C1Nc2ccc(F)c(F)c2CN1CC(=O)N1CC2=C=C(c3cnc(C(F)(F)F)nc3)[C@@H]1C2. The van der Waals surface area contributed by atoms with Crippen LogP contribution in [0.25, 0.3) is 5.57 Å². The Bertz CT molecular complexity index is 1250. The molecule has 0 saturated carbocycles. The molecule has 12 heteroatoms. The number of aromatic nitrogens is 2. The van der Waals surface area contributed by atoms with Crippen molar-refractivity contribution in [2.45, 2.75) is 25.2 Å². The average Bonchev–Trinajstić information content (AvgIpc) is 3.38. The van der Waals surface area contributed by atoms with E-state index in [0.717, 1.165) is 28.9 Å². The van der Waals surface area contributed by atoms with Gasteiger partial charge < -0.3 is 15.1 Å². The van der Waals surface area contributed by atoms with E-state index in [1.807, 2.05) is 0 Å². The van der Waals surface area contributed by atoms with E-state index >= 15 is 0 Å². The van der Waals surface area contributed by atoms with Crippen molar-refractivity contribution in [1.29, 1.82) is 0 Å². The highest BCUT2D eigenvalue weighted by molar-refractivity contribution is 5.95. The lowest BCUT2D eigenvalue weighted by Crippen LogP contribution is -2.47. The first-order valence-electron chi connectivity index (χ1n) is 9.82. The van der Waals surface area contributed by atoms with Gasteiger partial charge in [-0.3, -0.25) is 4.79 Å². The predicted molar refractivity (Wildman–Crippen MR) is 103 cm³/mol. The van der Waals surface area contributed by atoms with Gasteiger partial charge in [0.25, 0.3) is 0 Å². The normalized spacial score (nSPS) is 19.3. The van der Waals surface area contributed by atoms with Gasteiger partial charge in [-0.25, -0.2) is 23.5 Å². The van der Waals surface area contributed by atoms with Crippen molar-refractivity contribution in [2.75, 3.05) is 18.4 Å². The van der Waals surface area contributed by atoms with Gasteiger partial charge >= 0.3 is 12.2 Å². The zero-order valence-electron chi connectivity index (χ0n) is 16.7. The summed E-state index contributed by atoms with van der Waals surface area (Å²) >= 11 is 0. The van der Waals surface area contributed by atoms with Crippen molar-refractivity contribution in [1.82, 2.24) is 19.8 Å². The number of alkyl halides is 3. The van der Waals surface area contributed by atoms with Crippen molar-refractivity contribution in [2.24, 2.45) is 0 Å². The van der Waals surface area contributed by atoms with Crippen molar-refractivity contribution >= 4 is 23.2 Å². The Balaban J connectivity index is 1.32. The van der Waals surface area contributed by atoms with Gasteiger partial charge in [0.1, 0.15) is 6.54 Å². The minimum absolute atomic E-state index is 0.0597. The summed E-state index contributed by atoms with van der Waals surface area (Å²) in [5.41, 5.74) is 4.74. The lowest BCUT2D eigenvalue weighted by molar-refractivity contribution is -0.145. The molecule has 33 heavy (non-hydrogen) atoms. The van der Waals surface area contributed by atoms with Crippen LogP contribution < -0.4 is 5.32 Å². The molecule has 0 unspecified atom stereocenters. The van der Waals surface area contributed by atoms with E-state index in [4.69, 9.17) is 0 Å². The molecule has 2 aliphatic heterocycles. The molecule has 0 spiro atoms. The Labute approximate surface area is 183 Å². The molecule has 1 saturated heterocycles. The molecule has 3 aliphatic rings. The van der Waals surface area contributed by atoms with Crippen LogP contribution in [0.1, 0.15) is 23.4 Å². The number of benzene rings is 1. The standard InChI is InChI=1S/C21H14F5N5O2/c22-14-1-2-15-13(18(14)23)8-30(20(33)29-15)9-17(32)31-7-10-3-12(16(31)4-10)11-5-27-19(28-6-11)21(24,25)26/h1-2,5-6,16H,4,7-9H2,(H,29,33)/t16-/m0/s1. The van der Waals surface area contributed by atoms with Crippen LogP contribution >= 0.6 is 0 Å². The molecule has 5 rings (SSSR count). The number of fused-ring (bicyclic) bond motifs is 3. The first kappa shape index (κ1) is 21.1. The Morgan fingerprint density at radius 2 is 1.91 bits per heavy atom. The second-order valence-corrected chi connectivity index (χ2v) is 7.85. The van der Waals surface area contributed by atoms with E-state index in [-0.39, 0.29) is 30.9 Å². The van der Waals surface area contributed by atoms with Gasteiger partial charge in [-0.2, -0.15) is 13.2 Å². The summed E-state index contributed by atoms with van der Waals surface area (Å²) in [4.78, 5) is 34.6.